The van der Waals surface area contributed by atoms with E-state index in [0.29, 0.717) is 11.4 Å². The number of methoxy groups -OCH3 is 1. The highest BCUT2D eigenvalue weighted by Gasteiger charge is 2.21. The topological polar surface area (TPSA) is 120 Å². The lowest BCUT2D eigenvalue weighted by Crippen LogP contribution is -2.01. The summed E-state index contributed by atoms with van der Waals surface area (Å²) in [5.41, 5.74) is -0.413. The second kappa shape index (κ2) is 5.82. The van der Waals surface area contributed by atoms with Gasteiger partial charge in [0.05, 0.1) is 23.0 Å². The SMILES string of the molecule is COc1cccc(Nc2ncc([N+](=O)[O-])cc2[N+](=O)[O-])c1. The minimum absolute atomic E-state index is 0.0844. The first-order chi connectivity index (χ1) is 10.0. The van der Waals surface area contributed by atoms with E-state index in [9.17, 15) is 20.2 Å². The Hall–Kier alpha value is -3.23. The highest BCUT2D eigenvalue weighted by molar-refractivity contribution is 5.67. The number of benzene rings is 1. The number of hydrogen-bond donors (Lipinski definition) is 1. The number of nitrogens with one attached hydrogen (secondary N) is 1. The number of nitrogens with zero attached hydrogens (tertiary/aromatic N) is 3. The molecule has 0 fully saturated rings. The van der Waals surface area contributed by atoms with Crippen molar-refractivity contribution in [3.8, 4) is 5.75 Å². The summed E-state index contributed by atoms with van der Waals surface area (Å²) in [4.78, 5) is 23.9. The van der Waals surface area contributed by atoms with Gasteiger partial charge in [-0.1, -0.05) is 6.07 Å². The Balaban J connectivity index is 2.38. The van der Waals surface area contributed by atoms with E-state index in [4.69, 9.17) is 4.74 Å². The third-order valence-corrected chi connectivity index (χ3v) is 2.59. The molecule has 0 amide bonds. The largest absolute Gasteiger partial charge is 0.497 e. The summed E-state index contributed by atoms with van der Waals surface area (Å²) < 4.78 is 5.04. The van der Waals surface area contributed by atoms with E-state index >= 15 is 0 Å². The minimum Gasteiger partial charge on any atom is -0.497 e. The molecule has 0 aliphatic carbocycles. The van der Waals surface area contributed by atoms with Crippen molar-refractivity contribution >= 4 is 22.9 Å². The van der Waals surface area contributed by atoms with Gasteiger partial charge in [-0.05, 0) is 12.1 Å². The average Bonchev–Trinajstić information content (AvgIpc) is 2.47. The van der Waals surface area contributed by atoms with Crippen LogP contribution in [0, 0.1) is 20.2 Å². The highest BCUT2D eigenvalue weighted by Crippen LogP contribution is 2.29. The third-order valence-electron chi connectivity index (χ3n) is 2.59. The molecule has 1 aromatic carbocycles. The summed E-state index contributed by atoms with van der Waals surface area (Å²) in [5, 5.41) is 24.4. The van der Waals surface area contributed by atoms with Crippen molar-refractivity contribution in [2.45, 2.75) is 0 Å². The first-order valence-corrected chi connectivity index (χ1v) is 5.71. The lowest BCUT2D eigenvalue weighted by atomic mass is 10.3. The van der Waals surface area contributed by atoms with Gasteiger partial charge in [0.2, 0.25) is 5.82 Å². The smallest absolute Gasteiger partial charge is 0.318 e. The van der Waals surface area contributed by atoms with Crippen LogP contribution >= 0.6 is 0 Å². The fourth-order valence-corrected chi connectivity index (χ4v) is 1.62. The van der Waals surface area contributed by atoms with Gasteiger partial charge in [-0.3, -0.25) is 20.2 Å². The monoisotopic (exact) mass is 290 g/mol. The van der Waals surface area contributed by atoms with E-state index in [0.717, 1.165) is 12.3 Å². The van der Waals surface area contributed by atoms with E-state index < -0.39 is 21.2 Å². The second-order valence-corrected chi connectivity index (χ2v) is 3.93. The molecular formula is C12H10N4O5. The van der Waals surface area contributed by atoms with Crippen LogP contribution < -0.4 is 10.1 Å². The van der Waals surface area contributed by atoms with Crippen LogP contribution in [0.15, 0.2) is 36.5 Å². The van der Waals surface area contributed by atoms with Gasteiger partial charge in [-0.2, -0.15) is 0 Å². The van der Waals surface area contributed by atoms with E-state index in [2.05, 4.69) is 10.3 Å². The van der Waals surface area contributed by atoms with Crippen LogP contribution in [-0.4, -0.2) is 21.9 Å². The quantitative estimate of drug-likeness (QED) is 0.663. The van der Waals surface area contributed by atoms with Crippen LogP contribution in [-0.2, 0) is 0 Å². The van der Waals surface area contributed by atoms with Gasteiger partial charge in [-0.25, -0.2) is 4.98 Å². The van der Waals surface area contributed by atoms with E-state index in [-0.39, 0.29) is 5.82 Å². The van der Waals surface area contributed by atoms with Crippen LogP contribution in [0.25, 0.3) is 0 Å². The molecule has 0 radical (unpaired) electrons. The molecule has 0 aliphatic rings. The standard InChI is InChI=1S/C12H10N4O5/c1-21-10-4-2-3-8(5-10)14-12-11(16(19)20)6-9(7-13-12)15(17)18/h2-7H,1H3,(H,13,14). The van der Waals surface area contributed by atoms with Gasteiger partial charge < -0.3 is 10.1 Å². The van der Waals surface area contributed by atoms with Crippen molar-refractivity contribution in [3.63, 3.8) is 0 Å². The number of aromatic nitrogens is 1. The zero-order valence-electron chi connectivity index (χ0n) is 10.8. The van der Waals surface area contributed by atoms with Crippen molar-refractivity contribution in [2.24, 2.45) is 0 Å². The van der Waals surface area contributed by atoms with Crippen LogP contribution in [0.3, 0.4) is 0 Å². The summed E-state index contributed by atoms with van der Waals surface area (Å²) in [6.07, 6.45) is 0.954. The Bertz CT molecular complexity index is 704. The fraction of sp³-hybridized carbons (Fsp3) is 0.0833. The molecule has 0 spiro atoms. The molecular weight excluding hydrogens is 280 g/mol. The van der Waals surface area contributed by atoms with Gasteiger partial charge in [0.25, 0.3) is 5.69 Å². The Labute approximate surface area is 118 Å². The summed E-state index contributed by atoms with van der Waals surface area (Å²) in [5.74, 6) is 0.475. The van der Waals surface area contributed by atoms with Crippen molar-refractivity contribution in [3.05, 3.63) is 56.8 Å². The van der Waals surface area contributed by atoms with Crippen LogP contribution in [0.1, 0.15) is 0 Å². The molecule has 0 atom stereocenters. The van der Waals surface area contributed by atoms with E-state index in [1.165, 1.54) is 7.11 Å². The Morgan fingerprint density at radius 2 is 1.95 bits per heavy atom. The third kappa shape index (κ3) is 3.21. The molecule has 0 unspecified atom stereocenters. The molecule has 2 rings (SSSR count). The molecule has 2 aromatic rings. The Morgan fingerprint density at radius 1 is 1.19 bits per heavy atom. The molecule has 0 saturated carbocycles. The van der Waals surface area contributed by atoms with Gasteiger partial charge >= 0.3 is 5.69 Å². The number of nitro groups is 2. The van der Waals surface area contributed by atoms with Crippen molar-refractivity contribution in [1.29, 1.82) is 0 Å². The Kier molecular flexibility index (Phi) is 3.93. The summed E-state index contributed by atoms with van der Waals surface area (Å²) in [6.45, 7) is 0. The van der Waals surface area contributed by atoms with E-state index in [1.54, 1.807) is 24.3 Å². The first kappa shape index (κ1) is 14.2. The highest BCUT2D eigenvalue weighted by atomic mass is 16.6. The summed E-state index contributed by atoms with van der Waals surface area (Å²) >= 11 is 0. The second-order valence-electron chi connectivity index (χ2n) is 3.93. The van der Waals surface area contributed by atoms with Crippen molar-refractivity contribution in [2.75, 3.05) is 12.4 Å². The average molecular weight is 290 g/mol. The molecule has 9 heteroatoms. The number of anilines is 2. The number of hydrogen-bond acceptors (Lipinski definition) is 7. The van der Waals surface area contributed by atoms with Gasteiger partial charge in [0.1, 0.15) is 11.9 Å². The fourth-order valence-electron chi connectivity index (χ4n) is 1.62. The normalized spacial score (nSPS) is 9.95. The predicted molar refractivity (Wildman–Crippen MR) is 73.8 cm³/mol. The lowest BCUT2D eigenvalue weighted by molar-refractivity contribution is -0.394. The zero-order valence-corrected chi connectivity index (χ0v) is 10.8. The number of pyridine rings is 1. The van der Waals surface area contributed by atoms with Crippen LogP contribution in [0.4, 0.5) is 22.9 Å². The van der Waals surface area contributed by atoms with Crippen LogP contribution in [0.2, 0.25) is 0 Å². The molecule has 1 heterocycles. The van der Waals surface area contributed by atoms with Crippen LogP contribution in [0.5, 0.6) is 5.75 Å². The maximum absolute atomic E-state index is 11.0. The predicted octanol–water partition coefficient (Wildman–Crippen LogP) is 2.65. The molecule has 1 N–H and O–H groups in total. The van der Waals surface area contributed by atoms with Crippen molar-refractivity contribution in [1.82, 2.24) is 4.98 Å². The molecule has 9 nitrogen and oxygen atoms in total. The molecule has 108 valence electrons. The maximum atomic E-state index is 11.0. The molecule has 1 aromatic heterocycles. The van der Waals surface area contributed by atoms with Gasteiger partial charge in [-0.15, -0.1) is 0 Å². The molecule has 0 saturated heterocycles. The number of ether oxygens (including phenoxy) is 1. The molecule has 0 bridgehead atoms. The van der Waals surface area contributed by atoms with Gasteiger partial charge in [0.15, 0.2) is 0 Å². The van der Waals surface area contributed by atoms with Gasteiger partial charge in [0, 0.05) is 11.8 Å². The number of rotatable bonds is 5. The van der Waals surface area contributed by atoms with Crippen molar-refractivity contribution < 1.29 is 14.6 Å². The summed E-state index contributed by atoms with van der Waals surface area (Å²) in [6, 6.07) is 7.54. The summed E-state index contributed by atoms with van der Waals surface area (Å²) in [7, 11) is 1.49. The zero-order chi connectivity index (χ0) is 15.4. The lowest BCUT2D eigenvalue weighted by Gasteiger charge is -2.07. The maximum Gasteiger partial charge on any atom is 0.318 e. The Morgan fingerprint density at radius 3 is 2.57 bits per heavy atom. The molecule has 0 aliphatic heterocycles. The minimum atomic E-state index is -0.741. The molecule has 21 heavy (non-hydrogen) atoms. The first-order valence-electron chi connectivity index (χ1n) is 5.71. The van der Waals surface area contributed by atoms with E-state index in [1.807, 2.05) is 0 Å².